The van der Waals surface area contributed by atoms with Crippen LogP contribution in [0.25, 0.3) is 22.1 Å². The Bertz CT molecular complexity index is 1230. The predicted octanol–water partition coefficient (Wildman–Crippen LogP) is 5.47. The highest BCUT2D eigenvalue weighted by atomic mass is 35.5. The van der Waals surface area contributed by atoms with Crippen molar-refractivity contribution in [2.24, 2.45) is 0 Å². The Hall–Kier alpha value is -3.44. The molecule has 4 aromatic rings. The van der Waals surface area contributed by atoms with Gasteiger partial charge >= 0.3 is 5.97 Å². The molecule has 6 heteroatoms. The van der Waals surface area contributed by atoms with Crippen LogP contribution in [0.2, 0.25) is 5.02 Å². The van der Waals surface area contributed by atoms with Crippen LogP contribution in [0, 0.1) is 5.82 Å². The summed E-state index contributed by atoms with van der Waals surface area (Å²) in [7, 11) is 0. The second-order valence-corrected chi connectivity index (χ2v) is 6.40. The molecule has 138 valence electrons. The number of ether oxygens (including phenoxy) is 1. The molecular weight excluding hydrogens is 383 g/mol. The van der Waals surface area contributed by atoms with Crippen LogP contribution < -0.4 is 10.2 Å². The molecular formula is C22H12ClFO4. The zero-order valence-electron chi connectivity index (χ0n) is 14.3. The highest BCUT2D eigenvalue weighted by Gasteiger charge is 2.18. The minimum absolute atomic E-state index is 0.0511. The van der Waals surface area contributed by atoms with Crippen LogP contribution in [0.1, 0.15) is 10.4 Å². The third kappa shape index (κ3) is 3.28. The van der Waals surface area contributed by atoms with Crippen LogP contribution in [0.3, 0.4) is 0 Å². The summed E-state index contributed by atoms with van der Waals surface area (Å²) in [5.41, 5.74) is 0.848. The Morgan fingerprint density at radius 2 is 1.79 bits per heavy atom. The molecule has 0 aliphatic heterocycles. The maximum absolute atomic E-state index is 13.9. The lowest BCUT2D eigenvalue weighted by molar-refractivity contribution is 0.0730. The Morgan fingerprint density at radius 3 is 2.54 bits per heavy atom. The fourth-order valence-corrected chi connectivity index (χ4v) is 3.08. The van der Waals surface area contributed by atoms with Gasteiger partial charge < -0.3 is 9.15 Å². The van der Waals surface area contributed by atoms with Crippen molar-refractivity contribution in [1.82, 2.24) is 0 Å². The number of carbonyl (C=O) groups excluding carboxylic acids is 1. The van der Waals surface area contributed by atoms with Crippen LogP contribution in [-0.4, -0.2) is 5.97 Å². The van der Waals surface area contributed by atoms with Gasteiger partial charge in [0.2, 0.25) is 0 Å². The maximum atomic E-state index is 13.9. The molecule has 1 aromatic heterocycles. The minimum Gasteiger partial charge on any atom is -0.463 e. The Balaban J connectivity index is 1.69. The molecule has 28 heavy (non-hydrogen) atoms. The molecule has 0 amide bonds. The zero-order valence-corrected chi connectivity index (χ0v) is 15.1. The molecule has 0 aliphatic carbocycles. The van der Waals surface area contributed by atoms with Crippen LogP contribution in [0.4, 0.5) is 4.39 Å². The number of halogens is 2. The maximum Gasteiger partial charge on any atom is 0.348 e. The highest BCUT2D eigenvalue weighted by molar-refractivity contribution is 6.33. The van der Waals surface area contributed by atoms with Gasteiger partial charge in [0.05, 0.1) is 16.0 Å². The molecule has 0 saturated heterocycles. The number of esters is 1. The molecule has 4 rings (SSSR count). The molecule has 4 nitrogen and oxygen atoms in total. The van der Waals surface area contributed by atoms with E-state index >= 15 is 0 Å². The topological polar surface area (TPSA) is 56.5 Å². The quantitative estimate of drug-likeness (QED) is 0.341. The molecule has 0 fully saturated rings. The van der Waals surface area contributed by atoms with Crippen molar-refractivity contribution < 1.29 is 18.3 Å². The standard InChI is InChI=1S/C22H12ClFO4/c23-17-7-4-8-18(24)20(17)22(26)28-14-9-10-15-19(11-14)27-12-16(21(15)25)13-5-2-1-3-6-13/h1-12H. The lowest BCUT2D eigenvalue weighted by atomic mass is 10.1. The van der Waals surface area contributed by atoms with E-state index < -0.39 is 11.8 Å². The number of hydrogen-bond acceptors (Lipinski definition) is 4. The van der Waals surface area contributed by atoms with E-state index in [4.69, 9.17) is 20.8 Å². The average molecular weight is 395 g/mol. The van der Waals surface area contributed by atoms with Crippen molar-refractivity contribution in [3.8, 4) is 16.9 Å². The van der Waals surface area contributed by atoms with Gasteiger partial charge in [-0.2, -0.15) is 0 Å². The largest absolute Gasteiger partial charge is 0.463 e. The molecule has 0 spiro atoms. The van der Waals surface area contributed by atoms with Gasteiger partial charge in [0.1, 0.15) is 29.0 Å². The smallest absolute Gasteiger partial charge is 0.348 e. The Labute approximate surface area is 163 Å². The summed E-state index contributed by atoms with van der Waals surface area (Å²) in [6.07, 6.45) is 1.36. The summed E-state index contributed by atoms with van der Waals surface area (Å²) in [5.74, 6) is -1.62. The van der Waals surface area contributed by atoms with Gasteiger partial charge in [-0.3, -0.25) is 4.79 Å². The van der Waals surface area contributed by atoms with Gasteiger partial charge in [0, 0.05) is 6.07 Å². The Morgan fingerprint density at radius 1 is 1.00 bits per heavy atom. The normalized spacial score (nSPS) is 10.8. The van der Waals surface area contributed by atoms with Crippen molar-refractivity contribution in [1.29, 1.82) is 0 Å². The number of fused-ring (bicyclic) bond motifs is 1. The lowest BCUT2D eigenvalue weighted by Crippen LogP contribution is -2.12. The molecule has 0 N–H and O–H groups in total. The van der Waals surface area contributed by atoms with E-state index in [1.807, 2.05) is 30.3 Å². The first-order valence-electron chi connectivity index (χ1n) is 8.32. The fourth-order valence-electron chi connectivity index (χ4n) is 2.84. The van der Waals surface area contributed by atoms with Crippen LogP contribution in [0.15, 0.2) is 82.2 Å². The summed E-state index contributed by atoms with van der Waals surface area (Å²) in [4.78, 5) is 25.0. The first-order valence-corrected chi connectivity index (χ1v) is 8.69. The minimum atomic E-state index is -0.939. The van der Waals surface area contributed by atoms with Gasteiger partial charge in [-0.05, 0) is 29.8 Å². The summed E-state index contributed by atoms with van der Waals surface area (Å²) in [6.45, 7) is 0. The van der Waals surface area contributed by atoms with E-state index in [2.05, 4.69) is 0 Å². The first kappa shape index (κ1) is 17.9. The van der Waals surface area contributed by atoms with Gasteiger partial charge in [-0.1, -0.05) is 48.0 Å². The molecule has 0 saturated carbocycles. The van der Waals surface area contributed by atoms with Crippen molar-refractivity contribution >= 4 is 28.5 Å². The molecule has 0 bridgehead atoms. The summed E-state index contributed by atoms with van der Waals surface area (Å²) in [5, 5.41) is 0.287. The third-order valence-corrected chi connectivity index (χ3v) is 4.52. The lowest BCUT2D eigenvalue weighted by Gasteiger charge is -2.08. The van der Waals surface area contributed by atoms with Crippen LogP contribution in [0.5, 0.6) is 5.75 Å². The fraction of sp³-hybridized carbons (Fsp3) is 0. The van der Waals surface area contributed by atoms with E-state index in [0.717, 1.165) is 11.6 Å². The van der Waals surface area contributed by atoms with Crippen LogP contribution >= 0.6 is 11.6 Å². The van der Waals surface area contributed by atoms with E-state index in [-0.39, 0.29) is 27.3 Å². The monoisotopic (exact) mass is 394 g/mol. The van der Waals surface area contributed by atoms with Gasteiger partial charge in [0.15, 0.2) is 5.43 Å². The van der Waals surface area contributed by atoms with Crippen molar-refractivity contribution in [3.05, 3.63) is 99.6 Å². The van der Waals surface area contributed by atoms with Crippen molar-refractivity contribution in [2.75, 3.05) is 0 Å². The van der Waals surface area contributed by atoms with Gasteiger partial charge in [-0.15, -0.1) is 0 Å². The third-order valence-electron chi connectivity index (χ3n) is 4.21. The number of rotatable bonds is 3. The highest BCUT2D eigenvalue weighted by Crippen LogP contribution is 2.25. The average Bonchev–Trinajstić information content (AvgIpc) is 2.69. The SMILES string of the molecule is O=C(Oc1ccc2c(=O)c(-c3ccccc3)coc2c1)c1c(F)cccc1Cl. The van der Waals surface area contributed by atoms with Crippen molar-refractivity contribution in [3.63, 3.8) is 0 Å². The molecule has 0 unspecified atom stereocenters. The number of carbonyl (C=O) groups is 1. The second-order valence-electron chi connectivity index (χ2n) is 5.99. The van der Waals surface area contributed by atoms with E-state index in [0.29, 0.717) is 10.9 Å². The van der Waals surface area contributed by atoms with E-state index in [1.54, 1.807) is 0 Å². The molecule has 0 atom stereocenters. The first-order chi connectivity index (χ1) is 13.5. The van der Waals surface area contributed by atoms with Gasteiger partial charge in [0.25, 0.3) is 0 Å². The van der Waals surface area contributed by atoms with Gasteiger partial charge in [-0.25, -0.2) is 9.18 Å². The second kappa shape index (κ2) is 7.29. The molecule has 3 aromatic carbocycles. The van der Waals surface area contributed by atoms with E-state index in [9.17, 15) is 14.0 Å². The van der Waals surface area contributed by atoms with Crippen molar-refractivity contribution in [2.45, 2.75) is 0 Å². The molecule has 1 heterocycles. The predicted molar refractivity (Wildman–Crippen MR) is 104 cm³/mol. The molecule has 0 aliphatic rings. The summed E-state index contributed by atoms with van der Waals surface area (Å²) >= 11 is 5.88. The summed E-state index contributed by atoms with van der Waals surface area (Å²) < 4.78 is 24.6. The van der Waals surface area contributed by atoms with Crippen LogP contribution in [-0.2, 0) is 0 Å². The van der Waals surface area contributed by atoms with E-state index in [1.165, 1.54) is 36.6 Å². The molecule has 0 radical (unpaired) electrons. The number of benzene rings is 3. The number of hydrogen-bond donors (Lipinski definition) is 0. The Kier molecular flexibility index (Phi) is 4.67. The summed E-state index contributed by atoms with van der Waals surface area (Å²) in [6, 6.07) is 17.4. The zero-order chi connectivity index (χ0) is 19.7.